The quantitative estimate of drug-likeness (QED) is 0.203. The molecule has 7 nitrogen and oxygen atoms in total. The first kappa shape index (κ1) is 24.6. The molecule has 40 heavy (non-hydrogen) atoms. The zero-order chi connectivity index (χ0) is 27.6. The number of nitriles is 1. The Morgan fingerprint density at radius 1 is 0.850 bits per heavy atom. The first-order valence-corrected chi connectivity index (χ1v) is 12.6. The highest BCUT2D eigenvalue weighted by molar-refractivity contribution is 6.28. The van der Waals surface area contributed by atoms with Crippen molar-refractivity contribution in [2.24, 2.45) is 0 Å². The molecular weight excluding hydrogens is 502 g/mol. The third-order valence-corrected chi connectivity index (χ3v) is 6.78. The number of ketones is 2. The Hall–Kier alpha value is -5.74. The van der Waals surface area contributed by atoms with E-state index < -0.39 is 5.91 Å². The average Bonchev–Trinajstić information content (AvgIpc) is 3.39. The summed E-state index contributed by atoms with van der Waals surface area (Å²) in [6, 6.07) is 28.6. The van der Waals surface area contributed by atoms with Gasteiger partial charge in [-0.05, 0) is 48.0 Å². The summed E-state index contributed by atoms with van der Waals surface area (Å²) in [5, 5.41) is 13.3. The molecule has 0 saturated carbocycles. The number of aromatic nitrogens is 1. The molecule has 192 valence electrons. The van der Waals surface area contributed by atoms with Crippen molar-refractivity contribution in [2.75, 3.05) is 5.32 Å². The number of benzene rings is 4. The van der Waals surface area contributed by atoms with Crippen molar-refractivity contribution < 1.29 is 19.1 Å². The number of hydrogen-bond acceptors (Lipinski definition) is 5. The fourth-order valence-corrected chi connectivity index (χ4v) is 4.75. The number of aromatic amines is 1. The van der Waals surface area contributed by atoms with E-state index in [1.165, 1.54) is 18.2 Å². The number of nitrogens with zero attached hydrogens (tertiary/aromatic N) is 1. The second kappa shape index (κ2) is 10.2. The van der Waals surface area contributed by atoms with E-state index in [1.54, 1.807) is 36.5 Å². The first-order valence-electron chi connectivity index (χ1n) is 12.6. The van der Waals surface area contributed by atoms with Gasteiger partial charge in [0.1, 0.15) is 24.0 Å². The van der Waals surface area contributed by atoms with Crippen LogP contribution in [-0.4, -0.2) is 22.5 Å². The number of rotatable bonds is 6. The molecule has 0 saturated heterocycles. The third kappa shape index (κ3) is 4.55. The van der Waals surface area contributed by atoms with Crippen LogP contribution in [0.15, 0.2) is 103 Å². The zero-order valence-corrected chi connectivity index (χ0v) is 21.1. The number of ether oxygens (including phenoxy) is 1. The van der Waals surface area contributed by atoms with Gasteiger partial charge in [-0.3, -0.25) is 14.4 Å². The van der Waals surface area contributed by atoms with Crippen LogP contribution in [0.4, 0.5) is 5.69 Å². The number of carbonyl (C=O) groups excluding carboxylic acids is 3. The van der Waals surface area contributed by atoms with Gasteiger partial charge < -0.3 is 15.0 Å². The lowest BCUT2D eigenvalue weighted by molar-refractivity contribution is -0.112. The number of carbonyl (C=O) groups is 3. The molecule has 1 aromatic heterocycles. The highest BCUT2D eigenvalue weighted by Crippen LogP contribution is 2.30. The second-order valence-corrected chi connectivity index (χ2v) is 9.31. The van der Waals surface area contributed by atoms with E-state index in [1.807, 2.05) is 54.6 Å². The highest BCUT2D eigenvalue weighted by Gasteiger charge is 2.29. The monoisotopic (exact) mass is 523 g/mol. The van der Waals surface area contributed by atoms with Crippen LogP contribution in [0.2, 0.25) is 0 Å². The van der Waals surface area contributed by atoms with Crippen LogP contribution in [0.1, 0.15) is 43.0 Å². The normalized spacial score (nSPS) is 12.4. The van der Waals surface area contributed by atoms with E-state index in [2.05, 4.69) is 10.3 Å². The molecule has 0 aliphatic heterocycles. The molecule has 4 aromatic carbocycles. The van der Waals surface area contributed by atoms with Crippen LogP contribution in [0, 0.1) is 11.3 Å². The Morgan fingerprint density at radius 3 is 2.30 bits per heavy atom. The maximum atomic E-state index is 13.1. The summed E-state index contributed by atoms with van der Waals surface area (Å²) in [5.74, 6) is -0.514. The minimum absolute atomic E-state index is 0.123. The van der Waals surface area contributed by atoms with Gasteiger partial charge in [0.15, 0.2) is 11.6 Å². The molecule has 0 bridgehead atoms. The lowest BCUT2D eigenvalue weighted by atomic mass is 9.84. The number of fused-ring (bicyclic) bond motifs is 3. The molecule has 1 heterocycles. The second-order valence-electron chi connectivity index (χ2n) is 9.31. The van der Waals surface area contributed by atoms with Gasteiger partial charge in [0.2, 0.25) is 0 Å². The van der Waals surface area contributed by atoms with Crippen LogP contribution >= 0.6 is 0 Å². The molecule has 2 N–H and O–H groups in total. The molecule has 0 fully saturated rings. The fourth-order valence-electron chi connectivity index (χ4n) is 4.75. The van der Waals surface area contributed by atoms with Crippen molar-refractivity contribution in [3.63, 3.8) is 0 Å². The molecule has 0 radical (unpaired) electrons. The summed E-state index contributed by atoms with van der Waals surface area (Å²) in [6.45, 7) is 0.411. The van der Waals surface area contributed by atoms with Crippen molar-refractivity contribution in [3.05, 3.63) is 136 Å². The van der Waals surface area contributed by atoms with Gasteiger partial charge >= 0.3 is 0 Å². The maximum Gasteiger partial charge on any atom is 0.266 e. The molecule has 1 amide bonds. The molecule has 5 aromatic rings. The molecule has 1 aliphatic carbocycles. The first-order chi connectivity index (χ1) is 19.5. The minimum Gasteiger partial charge on any atom is -0.489 e. The average molecular weight is 524 g/mol. The van der Waals surface area contributed by atoms with Gasteiger partial charge in [-0.2, -0.15) is 5.26 Å². The maximum absolute atomic E-state index is 13.1. The molecule has 0 unspecified atom stereocenters. The molecule has 6 rings (SSSR count). The van der Waals surface area contributed by atoms with Crippen molar-refractivity contribution >= 4 is 40.1 Å². The predicted octanol–water partition coefficient (Wildman–Crippen LogP) is 6.07. The Balaban J connectivity index is 1.24. The Kier molecular flexibility index (Phi) is 6.27. The summed E-state index contributed by atoms with van der Waals surface area (Å²) in [5.41, 5.74) is 3.88. The van der Waals surface area contributed by atoms with Crippen LogP contribution in [0.3, 0.4) is 0 Å². The van der Waals surface area contributed by atoms with Crippen molar-refractivity contribution in [1.82, 2.24) is 4.98 Å². The van der Waals surface area contributed by atoms with E-state index in [0.717, 1.165) is 16.5 Å². The Morgan fingerprint density at radius 2 is 1.55 bits per heavy atom. The van der Waals surface area contributed by atoms with E-state index in [0.29, 0.717) is 34.7 Å². The van der Waals surface area contributed by atoms with E-state index in [-0.39, 0.29) is 28.3 Å². The number of H-pyrrole nitrogens is 1. The summed E-state index contributed by atoms with van der Waals surface area (Å²) < 4.78 is 5.94. The van der Waals surface area contributed by atoms with Gasteiger partial charge in [-0.1, -0.05) is 54.6 Å². The molecule has 7 heteroatoms. The predicted molar refractivity (Wildman–Crippen MR) is 151 cm³/mol. The zero-order valence-electron chi connectivity index (χ0n) is 21.1. The molecular formula is C33H21N3O4. The van der Waals surface area contributed by atoms with Gasteiger partial charge in [-0.15, -0.1) is 0 Å². The summed E-state index contributed by atoms with van der Waals surface area (Å²) in [6.07, 6.45) is 3.22. The molecule has 1 aliphatic rings. The molecule has 0 spiro atoms. The highest BCUT2D eigenvalue weighted by atomic mass is 16.5. The summed E-state index contributed by atoms with van der Waals surface area (Å²) in [4.78, 5) is 42.1. The minimum atomic E-state index is -0.636. The number of anilines is 1. The van der Waals surface area contributed by atoms with Crippen molar-refractivity contribution in [1.29, 1.82) is 5.26 Å². The van der Waals surface area contributed by atoms with E-state index in [9.17, 15) is 19.6 Å². The summed E-state index contributed by atoms with van der Waals surface area (Å²) >= 11 is 0. The largest absolute Gasteiger partial charge is 0.489 e. The standard InChI is InChI=1S/C33H21N3O4/c34-17-21(14-22-18-35-30-13-11-24(16-28(22)30)40-19-20-6-2-1-3-7-20)33(39)36-23-10-12-27-29(15-23)32(38)26-9-5-4-8-25(26)31(27)37/h1-16,18,35H,19H2,(H,36,39)/b21-14+. The van der Waals surface area contributed by atoms with E-state index >= 15 is 0 Å². The van der Waals surface area contributed by atoms with Gasteiger partial charge in [0, 0.05) is 50.6 Å². The SMILES string of the molecule is N#C/C(=C\c1c[nH]c2ccc(OCc3ccccc3)cc12)C(=O)Nc1ccc2c(c1)C(=O)c1ccccc1C2=O. The Labute approximate surface area is 229 Å². The molecule has 0 atom stereocenters. The van der Waals surface area contributed by atoms with Crippen LogP contribution in [0.5, 0.6) is 5.75 Å². The van der Waals surface area contributed by atoms with Crippen LogP contribution in [0.25, 0.3) is 17.0 Å². The third-order valence-electron chi connectivity index (χ3n) is 6.78. The smallest absolute Gasteiger partial charge is 0.266 e. The number of nitrogens with one attached hydrogen (secondary N) is 2. The van der Waals surface area contributed by atoms with Gasteiger partial charge in [0.25, 0.3) is 5.91 Å². The fraction of sp³-hybridized carbons (Fsp3) is 0.0303. The Bertz CT molecular complexity index is 1890. The number of amides is 1. The summed E-state index contributed by atoms with van der Waals surface area (Å²) in [7, 11) is 0. The van der Waals surface area contributed by atoms with Gasteiger partial charge in [-0.25, -0.2) is 0 Å². The lowest BCUT2D eigenvalue weighted by Gasteiger charge is -2.18. The van der Waals surface area contributed by atoms with Crippen LogP contribution < -0.4 is 10.1 Å². The van der Waals surface area contributed by atoms with Crippen LogP contribution in [-0.2, 0) is 11.4 Å². The van der Waals surface area contributed by atoms with E-state index in [4.69, 9.17) is 4.74 Å². The van der Waals surface area contributed by atoms with Gasteiger partial charge in [0.05, 0.1) is 0 Å². The van der Waals surface area contributed by atoms with Crippen molar-refractivity contribution in [2.45, 2.75) is 6.61 Å². The topological polar surface area (TPSA) is 112 Å². The lowest BCUT2D eigenvalue weighted by Crippen LogP contribution is -2.21. The number of hydrogen-bond donors (Lipinski definition) is 2. The van der Waals surface area contributed by atoms with Crippen molar-refractivity contribution in [3.8, 4) is 11.8 Å².